The summed E-state index contributed by atoms with van der Waals surface area (Å²) in [5, 5.41) is 10.7. The van der Waals surface area contributed by atoms with E-state index in [1.54, 1.807) is 18.3 Å². The lowest BCUT2D eigenvalue weighted by atomic mass is 10.0. The van der Waals surface area contributed by atoms with Crippen molar-refractivity contribution in [1.82, 2.24) is 14.7 Å². The molecule has 6 nitrogen and oxygen atoms in total. The first-order chi connectivity index (χ1) is 13.7. The van der Waals surface area contributed by atoms with Crippen molar-refractivity contribution >= 4 is 40.9 Å². The number of nitrogens with zero attached hydrogens (tertiary/aromatic N) is 3. The maximum atomic E-state index is 12.4. The van der Waals surface area contributed by atoms with Gasteiger partial charge in [-0.15, -0.1) is 0 Å². The Bertz CT molecular complexity index is 799. The van der Waals surface area contributed by atoms with E-state index in [4.69, 9.17) is 11.6 Å². The molecule has 0 radical (unpaired) electrons. The van der Waals surface area contributed by atoms with E-state index in [9.17, 15) is 4.79 Å². The molecule has 0 spiro atoms. The van der Waals surface area contributed by atoms with Gasteiger partial charge in [0.05, 0.1) is 22.9 Å². The zero-order chi connectivity index (χ0) is 19.3. The summed E-state index contributed by atoms with van der Waals surface area (Å²) in [4.78, 5) is 15.0. The van der Waals surface area contributed by atoms with Crippen LogP contribution in [0.1, 0.15) is 31.7 Å². The van der Waals surface area contributed by atoms with Crippen molar-refractivity contribution in [3.05, 3.63) is 41.6 Å². The molecule has 2 fully saturated rings. The lowest BCUT2D eigenvalue weighted by Crippen LogP contribution is -2.43. The third-order valence-electron chi connectivity index (χ3n) is 5.59. The quantitative estimate of drug-likeness (QED) is 0.753. The van der Waals surface area contributed by atoms with E-state index in [0.29, 0.717) is 16.8 Å². The molecule has 2 aromatic rings. The molecule has 2 N–H and O–H groups in total. The molecule has 3 heterocycles. The van der Waals surface area contributed by atoms with Crippen LogP contribution in [-0.2, 0) is 0 Å². The number of amides is 2. The molecule has 0 unspecified atom stereocenters. The number of nitrogens with one attached hydrogen (secondary N) is 2. The van der Waals surface area contributed by atoms with Crippen LogP contribution in [0.2, 0.25) is 5.02 Å². The summed E-state index contributed by atoms with van der Waals surface area (Å²) in [6.07, 6.45) is 6.49. The molecule has 2 aliphatic heterocycles. The number of carbonyl (C=O) groups excluding carboxylic acids is 1. The maximum absolute atomic E-state index is 12.4. The van der Waals surface area contributed by atoms with Crippen molar-refractivity contribution in [2.24, 2.45) is 0 Å². The molecule has 8 heteroatoms. The molecule has 0 bridgehead atoms. The van der Waals surface area contributed by atoms with E-state index >= 15 is 0 Å². The molecule has 2 saturated heterocycles. The van der Waals surface area contributed by atoms with Crippen LogP contribution in [0.3, 0.4) is 0 Å². The van der Waals surface area contributed by atoms with E-state index in [0.717, 1.165) is 37.8 Å². The molecule has 0 saturated carbocycles. The molecule has 4 rings (SSSR count). The zero-order valence-electron chi connectivity index (χ0n) is 15.8. The topological polar surface area (TPSA) is 62.2 Å². The fraction of sp³-hybridized carbons (Fsp3) is 0.500. The van der Waals surface area contributed by atoms with E-state index in [-0.39, 0.29) is 6.03 Å². The number of benzene rings is 1. The van der Waals surface area contributed by atoms with E-state index < -0.39 is 0 Å². The maximum Gasteiger partial charge on any atom is 0.324 e. The summed E-state index contributed by atoms with van der Waals surface area (Å²) in [6, 6.07) is 9.80. The van der Waals surface area contributed by atoms with Gasteiger partial charge in [-0.2, -0.15) is 16.9 Å². The Hall–Kier alpha value is -1.70. The fourth-order valence-corrected chi connectivity index (χ4v) is 5.35. The van der Waals surface area contributed by atoms with Crippen molar-refractivity contribution in [2.45, 2.75) is 37.8 Å². The second-order valence-electron chi connectivity index (χ2n) is 7.33. The van der Waals surface area contributed by atoms with Crippen LogP contribution >= 0.6 is 23.4 Å². The zero-order valence-corrected chi connectivity index (χ0v) is 17.4. The van der Waals surface area contributed by atoms with Gasteiger partial charge in [-0.1, -0.05) is 23.7 Å². The Kier molecular flexibility index (Phi) is 6.44. The van der Waals surface area contributed by atoms with Crippen molar-refractivity contribution < 1.29 is 4.79 Å². The van der Waals surface area contributed by atoms with Gasteiger partial charge in [0.15, 0.2) is 0 Å². The van der Waals surface area contributed by atoms with Crippen LogP contribution < -0.4 is 10.6 Å². The minimum Gasteiger partial charge on any atom is -0.306 e. The third-order valence-corrected chi connectivity index (χ3v) is 6.96. The summed E-state index contributed by atoms with van der Waals surface area (Å²) in [6.45, 7) is 2.20. The average Bonchev–Trinajstić information content (AvgIpc) is 3.18. The van der Waals surface area contributed by atoms with Gasteiger partial charge in [-0.05, 0) is 49.3 Å². The molecule has 1 aromatic carbocycles. The fourth-order valence-electron chi connectivity index (χ4n) is 4.08. The minimum absolute atomic E-state index is 0.313. The lowest BCUT2D eigenvalue weighted by Gasteiger charge is -2.39. The second-order valence-corrected chi connectivity index (χ2v) is 8.96. The smallest absolute Gasteiger partial charge is 0.306 e. The summed E-state index contributed by atoms with van der Waals surface area (Å²) < 4.78 is 1.96. The number of carbonyl (C=O) groups is 1. The Morgan fingerprint density at radius 1 is 1.04 bits per heavy atom. The standard InChI is InChI=1S/C20H26ClN5OS/c21-17-3-1-2-4-18(17)23-20(27)24-19-5-10-22-26(19)16-6-11-25(12-7-16)15-8-13-28-14-9-15/h1-5,10,15-16H,6-9,11-14H2,(H2,23,24,27). The first-order valence-electron chi connectivity index (χ1n) is 9.88. The summed E-state index contributed by atoms with van der Waals surface area (Å²) in [5.74, 6) is 3.30. The number of urea groups is 1. The van der Waals surface area contributed by atoms with Crippen LogP contribution in [0, 0.1) is 0 Å². The monoisotopic (exact) mass is 419 g/mol. The number of halogens is 1. The third kappa shape index (κ3) is 4.64. The summed E-state index contributed by atoms with van der Waals surface area (Å²) >= 11 is 8.19. The summed E-state index contributed by atoms with van der Waals surface area (Å²) in [5.41, 5.74) is 0.590. The van der Waals surface area contributed by atoms with Crippen LogP contribution in [0.15, 0.2) is 36.5 Å². The largest absolute Gasteiger partial charge is 0.324 e. The van der Waals surface area contributed by atoms with Gasteiger partial charge in [0, 0.05) is 25.2 Å². The Labute approximate surface area is 175 Å². The van der Waals surface area contributed by atoms with Gasteiger partial charge in [0.1, 0.15) is 5.82 Å². The van der Waals surface area contributed by atoms with Gasteiger partial charge in [0.2, 0.25) is 0 Å². The molecular weight excluding hydrogens is 394 g/mol. The summed E-state index contributed by atoms with van der Waals surface area (Å²) in [7, 11) is 0. The Balaban J connectivity index is 1.34. The molecule has 0 atom stereocenters. The molecule has 150 valence electrons. The molecule has 2 aliphatic rings. The van der Waals surface area contributed by atoms with Crippen LogP contribution in [-0.4, -0.2) is 51.3 Å². The number of para-hydroxylation sites is 1. The molecule has 0 aliphatic carbocycles. The van der Waals surface area contributed by atoms with Gasteiger partial charge in [0.25, 0.3) is 0 Å². The van der Waals surface area contributed by atoms with Gasteiger partial charge in [-0.3, -0.25) is 5.32 Å². The van der Waals surface area contributed by atoms with E-state index in [1.165, 1.54) is 24.3 Å². The molecule has 1 aromatic heterocycles. The van der Waals surface area contributed by atoms with Crippen molar-refractivity contribution in [3.8, 4) is 0 Å². The van der Waals surface area contributed by atoms with Gasteiger partial charge >= 0.3 is 6.03 Å². The van der Waals surface area contributed by atoms with Crippen LogP contribution in [0.5, 0.6) is 0 Å². The highest BCUT2D eigenvalue weighted by Crippen LogP contribution is 2.30. The van der Waals surface area contributed by atoms with Crippen molar-refractivity contribution in [2.75, 3.05) is 35.2 Å². The number of rotatable bonds is 4. The van der Waals surface area contributed by atoms with E-state index in [1.807, 2.05) is 22.9 Å². The SMILES string of the molecule is O=C(Nc1ccccc1Cl)Nc1ccnn1C1CCN(C2CCSCC2)CC1. The number of hydrogen-bond donors (Lipinski definition) is 2. The minimum atomic E-state index is -0.313. The Morgan fingerprint density at radius 3 is 2.54 bits per heavy atom. The predicted octanol–water partition coefficient (Wildman–Crippen LogP) is 4.71. The van der Waals surface area contributed by atoms with Gasteiger partial charge < -0.3 is 10.2 Å². The second kappa shape index (κ2) is 9.20. The number of thioether (sulfide) groups is 1. The Morgan fingerprint density at radius 2 is 1.79 bits per heavy atom. The number of anilines is 2. The highest BCUT2D eigenvalue weighted by atomic mass is 35.5. The first-order valence-corrected chi connectivity index (χ1v) is 11.4. The van der Waals surface area contributed by atoms with Crippen molar-refractivity contribution in [3.63, 3.8) is 0 Å². The average molecular weight is 420 g/mol. The van der Waals surface area contributed by atoms with Crippen LogP contribution in [0.4, 0.5) is 16.3 Å². The highest BCUT2D eigenvalue weighted by molar-refractivity contribution is 7.99. The number of piperidine rings is 1. The number of hydrogen-bond acceptors (Lipinski definition) is 4. The number of aromatic nitrogens is 2. The number of likely N-dealkylation sites (tertiary alicyclic amines) is 1. The predicted molar refractivity (Wildman–Crippen MR) is 117 cm³/mol. The van der Waals surface area contributed by atoms with E-state index in [2.05, 4.69) is 32.4 Å². The molecule has 28 heavy (non-hydrogen) atoms. The lowest BCUT2D eigenvalue weighted by molar-refractivity contribution is 0.125. The molecule has 2 amide bonds. The molecular formula is C20H26ClN5OS. The van der Waals surface area contributed by atoms with Crippen molar-refractivity contribution in [1.29, 1.82) is 0 Å². The highest BCUT2D eigenvalue weighted by Gasteiger charge is 2.28. The normalized spacial score (nSPS) is 19.5. The van der Waals surface area contributed by atoms with Crippen LogP contribution in [0.25, 0.3) is 0 Å². The first kappa shape index (κ1) is 19.6. The van der Waals surface area contributed by atoms with Gasteiger partial charge in [-0.25, -0.2) is 9.48 Å².